The fraction of sp³-hybridized carbons (Fsp3) is 0.952. The molecule has 0 spiro atoms. The Balaban J connectivity index is 4.56. The molecule has 0 N–H and O–H groups in total. The zero-order valence-electron chi connectivity index (χ0n) is 35.3. The van der Waals surface area contributed by atoms with Crippen LogP contribution in [-0.2, 0) is 32.7 Å². The van der Waals surface area contributed by atoms with Crippen molar-refractivity contribution in [3.05, 3.63) is 0 Å². The number of unbranched alkanes of at least 4 members (excludes halogenated alkanes) is 21. The van der Waals surface area contributed by atoms with Crippen LogP contribution in [-0.4, -0.2) is 79.7 Å². The first-order valence-corrected chi connectivity index (χ1v) is 25.1. The second-order valence-corrected chi connectivity index (χ2v) is 20.1. The highest BCUT2D eigenvalue weighted by molar-refractivity contribution is 9.10. The minimum absolute atomic E-state index is 0.0416. The van der Waals surface area contributed by atoms with Crippen molar-refractivity contribution < 1.29 is 42.1 Å². The van der Waals surface area contributed by atoms with E-state index in [2.05, 4.69) is 45.7 Å². The number of hydrogen-bond acceptors (Lipinski definition) is 8. The van der Waals surface area contributed by atoms with Crippen LogP contribution in [0.5, 0.6) is 0 Å². The Bertz CT molecular complexity index is 938. The number of phosphoric acid groups is 1. The molecule has 3 unspecified atom stereocenters. The predicted molar refractivity (Wildman–Crippen MR) is 229 cm³/mol. The maximum absolute atomic E-state index is 13.0. The van der Waals surface area contributed by atoms with Crippen molar-refractivity contribution in [3.8, 4) is 0 Å². The van der Waals surface area contributed by atoms with E-state index in [0.29, 0.717) is 22.3 Å². The van der Waals surface area contributed by atoms with Crippen LogP contribution in [0.2, 0.25) is 0 Å². The number of nitrogens with zero attached hydrogens (tertiary/aromatic N) is 1. The third-order valence-corrected chi connectivity index (χ3v) is 12.4. The Morgan fingerprint density at radius 3 is 1.54 bits per heavy atom. The van der Waals surface area contributed by atoms with E-state index in [1.54, 1.807) is 0 Å². The molecule has 0 aromatic heterocycles. The van der Waals surface area contributed by atoms with Gasteiger partial charge in [-0.2, -0.15) is 0 Å². The van der Waals surface area contributed by atoms with Crippen molar-refractivity contribution in [2.45, 2.75) is 209 Å². The van der Waals surface area contributed by atoms with Gasteiger partial charge in [-0.3, -0.25) is 14.2 Å². The van der Waals surface area contributed by atoms with Crippen molar-refractivity contribution in [2.24, 2.45) is 0 Å². The van der Waals surface area contributed by atoms with Crippen LogP contribution in [0.4, 0.5) is 0 Å². The lowest BCUT2D eigenvalue weighted by atomic mass is 10.0. The quantitative estimate of drug-likeness (QED) is 0.0196. The second kappa shape index (κ2) is 36.1. The van der Waals surface area contributed by atoms with Gasteiger partial charge in [0, 0.05) is 11.2 Å². The van der Waals surface area contributed by atoms with Gasteiger partial charge >= 0.3 is 11.9 Å². The molecule has 0 aliphatic carbocycles. The maximum Gasteiger partial charge on any atom is 0.320 e. The van der Waals surface area contributed by atoms with E-state index in [4.69, 9.17) is 18.5 Å². The molecule has 0 saturated heterocycles. The average Bonchev–Trinajstić information content (AvgIpc) is 3.11. The van der Waals surface area contributed by atoms with E-state index in [-0.39, 0.29) is 19.6 Å². The molecule has 0 saturated carbocycles. The smallest absolute Gasteiger partial charge is 0.320 e. The van der Waals surface area contributed by atoms with Crippen molar-refractivity contribution >= 4 is 51.6 Å². The Hall–Kier alpha value is -0.0300. The molecule has 0 aliphatic rings. The van der Waals surface area contributed by atoms with Gasteiger partial charge < -0.3 is 27.9 Å². The minimum Gasteiger partial charge on any atom is -0.756 e. The third-order valence-electron chi connectivity index (χ3n) is 9.73. The lowest BCUT2D eigenvalue weighted by Crippen LogP contribution is -2.37. The zero-order valence-corrected chi connectivity index (χ0v) is 39.3. The topological polar surface area (TPSA) is 111 Å². The molecule has 12 heteroatoms. The van der Waals surface area contributed by atoms with Gasteiger partial charge in [-0.1, -0.05) is 193 Å². The summed E-state index contributed by atoms with van der Waals surface area (Å²) in [4.78, 5) is 37.8. The van der Waals surface area contributed by atoms with Gasteiger partial charge in [0.25, 0.3) is 7.82 Å². The average molecular weight is 920 g/mol. The highest BCUT2D eigenvalue weighted by Gasteiger charge is 2.25. The van der Waals surface area contributed by atoms with Gasteiger partial charge in [0.05, 0.1) is 27.7 Å². The molecule has 0 fully saturated rings. The molecular formula is C42H82Br2NO8P. The standard InChI is InChI=1S/C42H82Br2NO8P/c1-6-8-10-12-14-16-18-19-20-22-24-26-28-33-41(46)50-36-39(37-52-54(48,49)51-35-34-45(3,4)5)53-42(47)40(44)32-29-31-38(43)30-27-25-23-21-17-15-13-11-9-7-2/h38-40H,6-37H2,1-5H3/t38?,39-,40?/m1/s1. The SMILES string of the molecule is CCCCCCCCCCCCCCCC(=O)OC[C@H](COP(=O)([O-])OCC[N+](C)(C)C)OC(=O)C(Br)CCCC(Br)CCCCCCCCCCCC. The van der Waals surface area contributed by atoms with Gasteiger partial charge in [0.2, 0.25) is 0 Å². The summed E-state index contributed by atoms with van der Waals surface area (Å²) in [6, 6.07) is 0. The molecule has 0 aromatic carbocycles. The van der Waals surface area contributed by atoms with Crippen LogP contribution in [0.1, 0.15) is 194 Å². The Morgan fingerprint density at radius 1 is 0.611 bits per heavy atom. The Kier molecular flexibility index (Phi) is 36.1. The number of rotatable bonds is 40. The summed E-state index contributed by atoms with van der Waals surface area (Å²) in [6.45, 7) is 4.14. The number of phosphoric ester groups is 1. The minimum atomic E-state index is -4.65. The van der Waals surface area contributed by atoms with E-state index in [1.165, 1.54) is 128 Å². The van der Waals surface area contributed by atoms with E-state index >= 15 is 0 Å². The fourth-order valence-electron chi connectivity index (χ4n) is 6.17. The molecule has 0 aromatic rings. The molecule has 0 aliphatic heterocycles. The van der Waals surface area contributed by atoms with Crippen molar-refractivity contribution in [1.82, 2.24) is 0 Å². The number of alkyl halides is 2. The monoisotopic (exact) mass is 917 g/mol. The van der Waals surface area contributed by atoms with Gasteiger partial charge in [0.15, 0.2) is 6.10 Å². The third kappa shape index (κ3) is 37.5. The van der Waals surface area contributed by atoms with Crippen molar-refractivity contribution in [1.29, 1.82) is 0 Å². The number of hydrogen-bond donors (Lipinski definition) is 0. The second-order valence-electron chi connectivity index (χ2n) is 16.3. The molecule has 9 nitrogen and oxygen atoms in total. The van der Waals surface area contributed by atoms with Gasteiger partial charge in [0.1, 0.15) is 24.6 Å². The number of carbonyl (C=O) groups is 2. The molecular weight excluding hydrogens is 837 g/mol. The summed E-state index contributed by atoms with van der Waals surface area (Å²) in [7, 11) is 1.13. The first-order valence-electron chi connectivity index (χ1n) is 21.8. The summed E-state index contributed by atoms with van der Waals surface area (Å²) in [5.74, 6) is -0.937. The summed E-state index contributed by atoms with van der Waals surface area (Å²) < 4.78 is 34.1. The van der Waals surface area contributed by atoms with Crippen molar-refractivity contribution in [2.75, 3.05) is 47.5 Å². The predicted octanol–water partition coefficient (Wildman–Crippen LogP) is 12.1. The maximum atomic E-state index is 13.0. The number of carbonyl (C=O) groups excluding carboxylic acids is 2. The fourth-order valence-corrected chi connectivity index (χ4v) is 7.98. The van der Waals surface area contributed by atoms with Crippen molar-refractivity contribution in [3.63, 3.8) is 0 Å². The van der Waals surface area contributed by atoms with Gasteiger partial charge in [-0.05, 0) is 25.7 Å². The number of ether oxygens (including phenoxy) is 2. The summed E-state index contributed by atoms with van der Waals surface area (Å²) in [5, 5.41) is 0. The number of likely N-dealkylation sites (N-methyl/N-ethyl adjacent to an activating group) is 1. The lowest BCUT2D eigenvalue weighted by Gasteiger charge is -2.28. The Morgan fingerprint density at radius 2 is 1.06 bits per heavy atom. The molecule has 0 heterocycles. The summed E-state index contributed by atoms with van der Waals surface area (Å²) in [5.41, 5.74) is 0. The first kappa shape index (κ1) is 54.0. The zero-order chi connectivity index (χ0) is 40.3. The highest BCUT2D eigenvalue weighted by Crippen LogP contribution is 2.38. The molecule has 54 heavy (non-hydrogen) atoms. The van der Waals surface area contributed by atoms with Crippen LogP contribution >= 0.6 is 39.7 Å². The summed E-state index contributed by atoms with van der Waals surface area (Å²) >= 11 is 7.26. The number of esters is 2. The van der Waals surface area contributed by atoms with E-state index in [0.717, 1.165) is 38.5 Å². The summed E-state index contributed by atoms with van der Waals surface area (Å²) in [6.07, 6.45) is 31.6. The van der Waals surface area contributed by atoms with Crippen LogP contribution < -0.4 is 4.89 Å². The highest BCUT2D eigenvalue weighted by atomic mass is 79.9. The van der Waals surface area contributed by atoms with Crippen LogP contribution in [0.3, 0.4) is 0 Å². The molecule has 322 valence electrons. The number of halogens is 2. The van der Waals surface area contributed by atoms with E-state index < -0.39 is 37.3 Å². The largest absolute Gasteiger partial charge is 0.756 e. The lowest BCUT2D eigenvalue weighted by molar-refractivity contribution is -0.870. The molecule has 0 bridgehead atoms. The first-order chi connectivity index (χ1) is 25.8. The van der Waals surface area contributed by atoms with Gasteiger partial charge in [-0.25, -0.2) is 0 Å². The molecule has 0 amide bonds. The van der Waals surface area contributed by atoms with E-state index in [9.17, 15) is 19.0 Å². The Labute approximate surface area is 349 Å². The molecule has 4 atom stereocenters. The molecule has 0 radical (unpaired) electrons. The normalized spacial score (nSPS) is 14.7. The van der Waals surface area contributed by atoms with E-state index in [1.807, 2.05) is 21.1 Å². The molecule has 0 rings (SSSR count). The van der Waals surface area contributed by atoms with Crippen LogP contribution in [0.15, 0.2) is 0 Å². The van der Waals surface area contributed by atoms with Crippen LogP contribution in [0, 0.1) is 0 Å². The van der Waals surface area contributed by atoms with Crippen LogP contribution in [0.25, 0.3) is 0 Å². The number of quaternary nitrogens is 1. The van der Waals surface area contributed by atoms with Gasteiger partial charge in [-0.15, -0.1) is 0 Å².